The second-order valence-electron chi connectivity index (χ2n) is 3.10. The highest BCUT2D eigenvalue weighted by Crippen LogP contribution is 2.16. The zero-order chi connectivity index (χ0) is 9.10. The third-order valence-electron chi connectivity index (χ3n) is 2.22. The molecule has 0 saturated carbocycles. The molecule has 2 rings (SSSR count). The minimum absolute atomic E-state index is 0.157. The SMILES string of the molecule is CCC(C1=NCCO1)C1=NCCO1. The summed E-state index contributed by atoms with van der Waals surface area (Å²) >= 11 is 0. The molecule has 0 aliphatic carbocycles. The predicted molar refractivity (Wildman–Crippen MR) is 50.3 cm³/mol. The third kappa shape index (κ3) is 1.66. The topological polar surface area (TPSA) is 43.2 Å². The van der Waals surface area contributed by atoms with E-state index in [1.54, 1.807) is 0 Å². The Bertz CT molecular complexity index is 224. The van der Waals surface area contributed by atoms with Crippen molar-refractivity contribution in [2.75, 3.05) is 26.3 Å². The maximum Gasteiger partial charge on any atom is 0.196 e. The van der Waals surface area contributed by atoms with E-state index in [4.69, 9.17) is 9.47 Å². The summed E-state index contributed by atoms with van der Waals surface area (Å²) in [6.45, 7) is 5.06. The van der Waals surface area contributed by atoms with Gasteiger partial charge in [-0.1, -0.05) is 6.92 Å². The van der Waals surface area contributed by atoms with Gasteiger partial charge in [0.05, 0.1) is 13.1 Å². The molecule has 2 aliphatic rings. The van der Waals surface area contributed by atoms with Gasteiger partial charge in [-0.05, 0) is 6.42 Å². The number of aliphatic imine (C=N–C) groups is 2. The first-order chi connectivity index (χ1) is 6.42. The second kappa shape index (κ2) is 3.77. The Morgan fingerprint density at radius 1 is 1.15 bits per heavy atom. The van der Waals surface area contributed by atoms with Crippen LogP contribution in [0.3, 0.4) is 0 Å². The van der Waals surface area contributed by atoms with Crippen LogP contribution in [-0.2, 0) is 9.47 Å². The molecule has 0 fully saturated rings. The maximum absolute atomic E-state index is 5.41. The lowest BCUT2D eigenvalue weighted by atomic mass is 10.1. The highest BCUT2D eigenvalue weighted by Gasteiger charge is 2.27. The highest BCUT2D eigenvalue weighted by molar-refractivity contribution is 6.01. The van der Waals surface area contributed by atoms with Gasteiger partial charge in [-0.3, -0.25) is 9.98 Å². The summed E-state index contributed by atoms with van der Waals surface area (Å²) in [4.78, 5) is 8.57. The van der Waals surface area contributed by atoms with Crippen molar-refractivity contribution in [2.24, 2.45) is 15.9 Å². The number of ether oxygens (including phenoxy) is 2. The lowest BCUT2D eigenvalue weighted by Gasteiger charge is -2.13. The zero-order valence-electron chi connectivity index (χ0n) is 7.82. The Morgan fingerprint density at radius 3 is 2.00 bits per heavy atom. The Balaban J connectivity index is 2.07. The molecule has 0 aromatic heterocycles. The van der Waals surface area contributed by atoms with Crippen LogP contribution in [0.15, 0.2) is 9.98 Å². The summed E-state index contributed by atoms with van der Waals surface area (Å²) in [5, 5.41) is 0. The van der Waals surface area contributed by atoms with Gasteiger partial charge >= 0.3 is 0 Å². The van der Waals surface area contributed by atoms with Crippen LogP contribution < -0.4 is 0 Å². The van der Waals surface area contributed by atoms with Crippen LogP contribution in [-0.4, -0.2) is 38.1 Å². The fourth-order valence-corrected chi connectivity index (χ4v) is 1.58. The van der Waals surface area contributed by atoms with Gasteiger partial charge in [-0.15, -0.1) is 0 Å². The van der Waals surface area contributed by atoms with Crippen molar-refractivity contribution in [3.8, 4) is 0 Å². The minimum atomic E-state index is 0.157. The van der Waals surface area contributed by atoms with Gasteiger partial charge in [0.2, 0.25) is 0 Å². The molecular weight excluding hydrogens is 168 g/mol. The molecule has 13 heavy (non-hydrogen) atoms. The lowest BCUT2D eigenvalue weighted by molar-refractivity contribution is 0.304. The molecule has 2 aliphatic heterocycles. The molecule has 0 amide bonds. The Morgan fingerprint density at radius 2 is 1.69 bits per heavy atom. The Labute approximate surface area is 77.7 Å². The largest absolute Gasteiger partial charge is 0.478 e. The molecule has 0 aromatic carbocycles. The van der Waals surface area contributed by atoms with Crippen molar-refractivity contribution in [2.45, 2.75) is 13.3 Å². The summed E-state index contributed by atoms with van der Waals surface area (Å²) in [5.41, 5.74) is 0. The summed E-state index contributed by atoms with van der Waals surface area (Å²) in [6, 6.07) is 0. The van der Waals surface area contributed by atoms with E-state index in [0.717, 1.165) is 31.3 Å². The Hall–Kier alpha value is -1.06. The zero-order valence-corrected chi connectivity index (χ0v) is 7.82. The molecule has 4 heteroatoms. The monoisotopic (exact) mass is 182 g/mol. The molecule has 72 valence electrons. The fourth-order valence-electron chi connectivity index (χ4n) is 1.58. The van der Waals surface area contributed by atoms with Crippen LogP contribution in [0, 0.1) is 5.92 Å². The number of hydrogen-bond acceptors (Lipinski definition) is 4. The van der Waals surface area contributed by atoms with Crippen LogP contribution in [0.25, 0.3) is 0 Å². The first-order valence-corrected chi connectivity index (χ1v) is 4.76. The van der Waals surface area contributed by atoms with Gasteiger partial charge in [0, 0.05) is 0 Å². The van der Waals surface area contributed by atoms with Crippen LogP contribution in [0.4, 0.5) is 0 Å². The lowest BCUT2D eigenvalue weighted by Crippen LogP contribution is -2.24. The van der Waals surface area contributed by atoms with E-state index < -0.39 is 0 Å². The van der Waals surface area contributed by atoms with Crippen molar-refractivity contribution in [1.82, 2.24) is 0 Å². The van der Waals surface area contributed by atoms with E-state index in [-0.39, 0.29) is 5.92 Å². The second-order valence-corrected chi connectivity index (χ2v) is 3.10. The molecule has 2 heterocycles. The molecule has 0 atom stereocenters. The number of rotatable bonds is 3. The van der Waals surface area contributed by atoms with Gasteiger partial charge in [0.25, 0.3) is 0 Å². The molecule has 0 N–H and O–H groups in total. The molecule has 0 aromatic rings. The average molecular weight is 182 g/mol. The molecule has 0 radical (unpaired) electrons. The number of nitrogens with zero attached hydrogens (tertiary/aromatic N) is 2. The van der Waals surface area contributed by atoms with Crippen molar-refractivity contribution < 1.29 is 9.47 Å². The summed E-state index contributed by atoms with van der Waals surface area (Å²) < 4.78 is 10.8. The van der Waals surface area contributed by atoms with E-state index in [0.29, 0.717) is 13.2 Å². The van der Waals surface area contributed by atoms with E-state index in [2.05, 4.69) is 16.9 Å². The quantitative estimate of drug-likeness (QED) is 0.650. The van der Waals surface area contributed by atoms with E-state index in [9.17, 15) is 0 Å². The van der Waals surface area contributed by atoms with Crippen LogP contribution >= 0.6 is 0 Å². The average Bonchev–Trinajstić information content (AvgIpc) is 2.76. The van der Waals surface area contributed by atoms with Gasteiger partial charge in [0.1, 0.15) is 19.1 Å². The first kappa shape index (κ1) is 8.53. The smallest absolute Gasteiger partial charge is 0.196 e. The first-order valence-electron chi connectivity index (χ1n) is 4.76. The summed E-state index contributed by atoms with van der Waals surface area (Å²) in [7, 11) is 0. The van der Waals surface area contributed by atoms with Gasteiger partial charge in [-0.25, -0.2) is 0 Å². The molecule has 0 saturated heterocycles. The summed E-state index contributed by atoms with van der Waals surface area (Å²) in [5.74, 6) is 1.77. The number of hydrogen-bond donors (Lipinski definition) is 0. The van der Waals surface area contributed by atoms with Crippen molar-refractivity contribution >= 4 is 11.8 Å². The molecule has 0 unspecified atom stereocenters. The molecule has 0 spiro atoms. The van der Waals surface area contributed by atoms with Crippen molar-refractivity contribution in [3.63, 3.8) is 0 Å². The van der Waals surface area contributed by atoms with Gasteiger partial charge in [-0.2, -0.15) is 0 Å². The summed E-state index contributed by atoms with van der Waals surface area (Å²) in [6.07, 6.45) is 0.942. The van der Waals surface area contributed by atoms with Crippen molar-refractivity contribution in [1.29, 1.82) is 0 Å². The van der Waals surface area contributed by atoms with Gasteiger partial charge in [0.15, 0.2) is 11.8 Å². The maximum atomic E-state index is 5.41. The minimum Gasteiger partial charge on any atom is -0.478 e. The van der Waals surface area contributed by atoms with Crippen LogP contribution in [0.5, 0.6) is 0 Å². The molecule has 0 bridgehead atoms. The fraction of sp³-hybridized carbons (Fsp3) is 0.778. The highest BCUT2D eigenvalue weighted by atomic mass is 16.5. The normalized spacial score (nSPS) is 21.1. The Kier molecular flexibility index (Phi) is 2.47. The van der Waals surface area contributed by atoms with E-state index >= 15 is 0 Å². The standard InChI is InChI=1S/C9H14N2O2/c1-2-7(8-10-3-5-12-8)9-11-4-6-13-9/h7H,2-6H2,1H3. The van der Waals surface area contributed by atoms with Crippen LogP contribution in [0.1, 0.15) is 13.3 Å². The van der Waals surface area contributed by atoms with E-state index in [1.807, 2.05) is 0 Å². The van der Waals surface area contributed by atoms with Crippen molar-refractivity contribution in [3.05, 3.63) is 0 Å². The molecule has 4 nitrogen and oxygen atoms in total. The third-order valence-corrected chi connectivity index (χ3v) is 2.22. The van der Waals surface area contributed by atoms with Crippen LogP contribution in [0.2, 0.25) is 0 Å². The van der Waals surface area contributed by atoms with Gasteiger partial charge < -0.3 is 9.47 Å². The van der Waals surface area contributed by atoms with E-state index in [1.165, 1.54) is 0 Å². The molecular formula is C9H14N2O2. The predicted octanol–water partition coefficient (Wildman–Crippen LogP) is 0.870.